The minimum atomic E-state index is -0.179. The molecule has 1 atom stereocenters. The first-order chi connectivity index (χ1) is 11.1. The Morgan fingerprint density at radius 2 is 2.26 bits per heavy atom. The van der Waals surface area contributed by atoms with Gasteiger partial charge in [-0.2, -0.15) is 0 Å². The van der Waals surface area contributed by atoms with Crippen LogP contribution in [-0.2, 0) is 17.7 Å². The van der Waals surface area contributed by atoms with Crippen molar-refractivity contribution in [2.75, 3.05) is 33.9 Å². The maximum atomic E-state index is 12.5. The number of amides is 2. The van der Waals surface area contributed by atoms with Gasteiger partial charge in [0.25, 0.3) is 0 Å². The van der Waals surface area contributed by atoms with Gasteiger partial charge < -0.3 is 14.5 Å². The Labute approximate surface area is 136 Å². The summed E-state index contributed by atoms with van der Waals surface area (Å²) in [5.41, 5.74) is 2.04. The van der Waals surface area contributed by atoms with E-state index in [9.17, 15) is 4.79 Å². The second kappa shape index (κ2) is 6.70. The lowest BCUT2D eigenvalue weighted by atomic mass is 10.0. The molecule has 0 radical (unpaired) electrons. The molecule has 23 heavy (non-hydrogen) atoms. The van der Waals surface area contributed by atoms with Crippen LogP contribution in [0.3, 0.4) is 0 Å². The lowest BCUT2D eigenvalue weighted by Crippen LogP contribution is -2.47. The van der Waals surface area contributed by atoms with Crippen LogP contribution < -0.4 is 0 Å². The SMILES string of the molecule is C=CCOCC1c2nnn(CC3CC3)c2CCN1C(=O)N(C)C. The number of aromatic nitrogens is 3. The van der Waals surface area contributed by atoms with Gasteiger partial charge in [-0.25, -0.2) is 9.48 Å². The Hall–Kier alpha value is -1.89. The molecular formula is C16H25N5O2. The van der Waals surface area contributed by atoms with Gasteiger partial charge in [0.1, 0.15) is 11.7 Å². The van der Waals surface area contributed by atoms with E-state index in [1.807, 2.05) is 9.58 Å². The zero-order valence-corrected chi connectivity index (χ0v) is 13.9. The quantitative estimate of drug-likeness (QED) is 0.588. The molecule has 1 aromatic heterocycles. The van der Waals surface area contributed by atoms with Gasteiger partial charge in [-0.05, 0) is 18.8 Å². The van der Waals surface area contributed by atoms with Crippen molar-refractivity contribution in [3.63, 3.8) is 0 Å². The number of rotatable bonds is 6. The molecule has 1 aromatic rings. The minimum absolute atomic E-state index is 0.0143. The third-order valence-electron chi connectivity index (χ3n) is 4.42. The molecule has 0 saturated heterocycles. The fraction of sp³-hybridized carbons (Fsp3) is 0.688. The van der Waals surface area contributed by atoms with Crippen molar-refractivity contribution >= 4 is 6.03 Å². The molecule has 7 nitrogen and oxygen atoms in total. The number of hydrogen-bond acceptors (Lipinski definition) is 4. The molecule has 7 heteroatoms. The third-order valence-corrected chi connectivity index (χ3v) is 4.42. The van der Waals surface area contributed by atoms with E-state index in [-0.39, 0.29) is 12.1 Å². The maximum absolute atomic E-state index is 12.5. The molecule has 1 aliphatic carbocycles. The van der Waals surface area contributed by atoms with Crippen LogP contribution in [0.5, 0.6) is 0 Å². The zero-order chi connectivity index (χ0) is 16.4. The summed E-state index contributed by atoms with van der Waals surface area (Å²) < 4.78 is 7.67. The van der Waals surface area contributed by atoms with Crippen molar-refractivity contribution in [2.24, 2.45) is 5.92 Å². The van der Waals surface area contributed by atoms with Gasteiger partial charge in [0.05, 0.1) is 18.9 Å². The minimum Gasteiger partial charge on any atom is -0.375 e. The van der Waals surface area contributed by atoms with Gasteiger partial charge in [-0.1, -0.05) is 11.3 Å². The number of nitrogens with zero attached hydrogens (tertiary/aromatic N) is 5. The van der Waals surface area contributed by atoms with E-state index in [4.69, 9.17) is 4.74 Å². The molecular weight excluding hydrogens is 294 g/mol. The van der Waals surface area contributed by atoms with Crippen LogP contribution in [0.4, 0.5) is 4.79 Å². The first kappa shape index (κ1) is 16.0. The summed E-state index contributed by atoms with van der Waals surface area (Å²) in [6, 6.07) is -0.193. The predicted molar refractivity (Wildman–Crippen MR) is 86.0 cm³/mol. The van der Waals surface area contributed by atoms with Crippen LogP contribution in [0.2, 0.25) is 0 Å². The molecule has 0 N–H and O–H groups in total. The molecule has 2 aliphatic rings. The Morgan fingerprint density at radius 1 is 1.48 bits per heavy atom. The lowest BCUT2D eigenvalue weighted by Gasteiger charge is -2.36. The van der Waals surface area contributed by atoms with Gasteiger partial charge >= 0.3 is 6.03 Å². The van der Waals surface area contributed by atoms with Crippen molar-refractivity contribution in [3.05, 3.63) is 24.0 Å². The summed E-state index contributed by atoms with van der Waals surface area (Å²) in [5, 5.41) is 8.72. The predicted octanol–water partition coefficient (Wildman–Crippen LogP) is 1.47. The van der Waals surface area contributed by atoms with Gasteiger partial charge in [0.2, 0.25) is 0 Å². The number of fused-ring (bicyclic) bond motifs is 1. The second-order valence-electron chi connectivity index (χ2n) is 6.51. The summed E-state index contributed by atoms with van der Waals surface area (Å²) >= 11 is 0. The standard InChI is InChI=1S/C16H25N5O2/c1-4-9-23-11-14-15-13(7-8-20(14)16(22)19(2)3)21(18-17-15)10-12-5-6-12/h4,12,14H,1,5-11H2,2-3H3. The highest BCUT2D eigenvalue weighted by Crippen LogP contribution is 2.33. The molecule has 0 aromatic carbocycles. The number of ether oxygens (including phenoxy) is 1. The van der Waals surface area contributed by atoms with Crippen LogP contribution in [0, 0.1) is 5.92 Å². The van der Waals surface area contributed by atoms with Crippen LogP contribution in [0.15, 0.2) is 12.7 Å². The van der Waals surface area contributed by atoms with E-state index in [1.165, 1.54) is 12.8 Å². The molecule has 2 amide bonds. The largest absolute Gasteiger partial charge is 0.375 e. The normalized spacial score (nSPS) is 20.3. The zero-order valence-electron chi connectivity index (χ0n) is 13.9. The van der Waals surface area contributed by atoms with Gasteiger partial charge in [0, 0.05) is 33.6 Å². The summed E-state index contributed by atoms with van der Waals surface area (Å²) in [6.07, 6.45) is 5.08. The molecule has 3 rings (SSSR count). The van der Waals surface area contributed by atoms with E-state index >= 15 is 0 Å². The third kappa shape index (κ3) is 3.39. The maximum Gasteiger partial charge on any atom is 0.320 e. The molecule has 1 aliphatic heterocycles. The van der Waals surface area contributed by atoms with E-state index in [0.29, 0.717) is 19.8 Å². The Balaban J connectivity index is 1.82. The van der Waals surface area contributed by atoms with E-state index in [0.717, 1.165) is 30.3 Å². The van der Waals surface area contributed by atoms with Gasteiger partial charge in [0.15, 0.2) is 0 Å². The fourth-order valence-corrected chi connectivity index (χ4v) is 3.00. The second-order valence-corrected chi connectivity index (χ2v) is 6.51. The van der Waals surface area contributed by atoms with Crippen molar-refractivity contribution < 1.29 is 9.53 Å². The lowest BCUT2D eigenvalue weighted by molar-refractivity contribution is 0.0710. The Bertz CT molecular complexity index is 579. The summed E-state index contributed by atoms with van der Waals surface area (Å²) in [7, 11) is 3.53. The summed E-state index contributed by atoms with van der Waals surface area (Å²) in [4.78, 5) is 15.9. The molecule has 126 valence electrons. The smallest absolute Gasteiger partial charge is 0.320 e. The van der Waals surface area contributed by atoms with Crippen LogP contribution in [-0.4, -0.2) is 64.7 Å². The average Bonchev–Trinajstić information content (AvgIpc) is 3.26. The van der Waals surface area contributed by atoms with Crippen LogP contribution >= 0.6 is 0 Å². The highest BCUT2D eigenvalue weighted by Gasteiger charge is 2.36. The van der Waals surface area contributed by atoms with Crippen LogP contribution in [0.25, 0.3) is 0 Å². The number of urea groups is 1. The van der Waals surface area contributed by atoms with Crippen LogP contribution in [0.1, 0.15) is 30.3 Å². The summed E-state index contributed by atoms with van der Waals surface area (Å²) in [5.74, 6) is 0.748. The molecule has 0 spiro atoms. The highest BCUT2D eigenvalue weighted by molar-refractivity contribution is 5.74. The topological polar surface area (TPSA) is 63.5 Å². The molecule has 1 unspecified atom stereocenters. The molecule has 2 heterocycles. The Morgan fingerprint density at radius 3 is 2.91 bits per heavy atom. The molecule has 1 saturated carbocycles. The van der Waals surface area contributed by atoms with E-state index < -0.39 is 0 Å². The van der Waals surface area contributed by atoms with Crippen molar-refractivity contribution in [1.82, 2.24) is 24.8 Å². The number of carbonyl (C=O) groups excluding carboxylic acids is 1. The first-order valence-electron chi connectivity index (χ1n) is 8.20. The van der Waals surface area contributed by atoms with Gasteiger partial charge in [-0.15, -0.1) is 11.7 Å². The van der Waals surface area contributed by atoms with E-state index in [1.54, 1.807) is 25.1 Å². The Kier molecular flexibility index (Phi) is 4.66. The van der Waals surface area contributed by atoms with Crippen molar-refractivity contribution in [3.8, 4) is 0 Å². The van der Waals surface area contributed by atoms with Crippen molar-refractivity contribution in [2.45, 2.75) is 31.8 Å². The van der Waals surface area contributed by atoms with Crippen molar-refractivity contribution in [1.29, 1.82) is 0 Å². The number of carbonyl (C=O) groups is 1. The van der Waals surface area contributed by atoms with Gasteiger partial charge in [-0.3, -0.25) is 0 Å². The highest BCUT2D eigenvalue weighted by atomic mass is 16.5. The molecule has 1 fully saturated rings. The summed E-state index contributed by atoms with van der Waals surface area (Å²) in [6.45, 7) is 6.17. The molecule has 0 bridgehead atoms. The number of hydrogen-bond donors (Lipinski definition) is 0. The van der Waals surface area contributed by atoms with E-state index in [2.05, 4.69) is 16.9 Å². The monoisotopic (exact) mass is 319 g/mol. The average molecular weight is 319 g/mol. The first-order valence-corrected chi connectivity index (χ1v) is 8.20. The fourth-order valence-electron chi connectivity index (χ4n) is 3.00.